The molecule has 4 nitrogen and oxygen atoms in total. The van der Waals surface area contributed by atoms with Crippen LogP contribution < -0.4 is 0 Å². The van der Waals surface area contributed by atoms with E-state index >= 15 is 0 Å². The monoisotopic (exact) mass is 296 g/mol. The van der Waals surface area contributed by atoms with Crippen LogP contribution in [0.1, 0.15) is 54.4 Å². The standard InChI is InChI=1S/C17H32N2O2/c1-15(2,3)11-18-9-7-17(8-10-18)12-19(13-17)14(20)21-16(4,5)6/h7-13H2,1-6H3. The Morgan fingerprint density at radius 3 is 2.00 bits per heavy atom. The van der Waals surface area contributed by atoms with Gasteiger partial charge in [0.15, 0.2) is 0 Å². The van der Waals surface area contributed by atoms with E-state index < -0.39 is 5.60 Å². The second kappa shape index (κ2) is 5.45. The first kappa shape index (κ1) is 16.6. The molecule has 2 aliphatic heterocycles. The first-order valence-corrected chi connectivity index (χ1v) is 8.18. The summed E-state index contributed by atoms with van der Waals surface area (Å²) in [6.07, 6.45) is 2.27. The normalized spacial score (nSPS) is 23.0. The van der Waals surface area contributed by atoms with Crippen molar-refractivity contribution in [1.82, 2.24) is 9.80 Å². The van der Waals surface area contributed by atoms with Crippen LogP contribution in [0.3, 0.4) is 0 Å². The Morgan fingerprint density at radius 1 is 1.05 bits per heavy atom. The molecule has 2 heterocycles. The minimum Gasteiger partial charge on any atom is -0.444 e. The van der Waals surface area contributed by atoms with Gasteiger partial charge in [-0.25, -0.2) is 4.79 Å². The SMILES string of the molecule is CC(C)(C)CN1CCC2(CC1)CN(C(=O)OC(C)(C)C)C2. The van der Waals surface area contributed by atoms with E-state index in [-0.39, 0.29) is 6.09 Å². The molecule has 0 saturated carbocycles. The number of carbonyl (C=O) groups excluding carboxylic acids is 1. The third-order valence-electron chi connectivity index (χ3n) is 4.32. The van der Waals surface area contributed by atoms with Crippen LogP contribution in [0.2, 0.25) is 0 Å². The Labute approximate surface area is 129 Å². The molecule has 0 aromatic heterocycles. The van der Waals surface area contributed by atoms with Gasteiger partial charge in [-0.3, -0.25) is 0 Å². The maximum atomic E-state index is 12.0. The maximum absolute atomic E-state index is 12.0. The highest BCUT2D eigenvalue weighted by Crippen LogP contribution is 2.41. The van der Waals surface area contributed by atoms with Crippen molar-refractivity contribution in [2.24, 2.45) is 10.8 Å². The van der Waals surface area contributed by atoms with Gasteiger partial charge in [-0.1, -0.05) is 20.8 Å². The van der Waals surface area contributed by atoms with E-state index in [4.69, 9.17) is 4.74 Å². The summed E-state index contributed by atoms with van der Waals surface area (Å²) in [6.45, 7) is 17.9. The molecule has 0 radical (unpaired) electrons. The zero-order chi connectivity index (χ0) is 15.9. The van der Waals surface area contributed by atoms with E-state index in [2.05, 4.69) is 25.7 Å². The Morgan fingerprint density at radius 2 is 1.57 bits per heavy atom. The fourth-order valence-electron chi connectivity index (χ4n) is 3.39. The zero-order valence-corrected chi connectivity index (χ0v) is 14.7. The van der Waals surface area contributed by atoms with Crippen molar-refractivity contribution in [3.8, 4) is 0 Å². The largest absolute Gasteiger partial charge is 0.444 e. The van der Waals surface area contributed by atoms with Gasteiger partial charge in [0.05, 0.1) is 0 Å². The van der Waals surface area contributed by atoms with Gasteiger partial charge in [-0.2, -0.15) is 0 Å². The van der Waals surface area contributed by atoms with Crippen LogP contribution in [0.5, 0.6) is 0 Å². The van der Waals surface area contributed by atoms with E-state index in [1.807, 2.05) is 25.7 Å². The van der Waals surface area contributed by atoms with Gasteiger partial charge >= 0.3 is 6.09 Å². The Bertz CT molecular complexity index is 377. The number of carbonyl (C=O) groups is 1. The molecule has 2 saturated heterocycles. The lowest BCUT2D eigenvalue weighted by Crippen LogP contribution is -2.62. The molecule has 21 heavy (non-hydrogen) atoms. The molecule has 0 aromatic carbocycles. The van der Waals surface area contributed by atoms with Gasteiger partial charge in [0.25, 0.3) is 0 Å². The Hall–Kier alpha value is -0.770. The number of hydrogen-bond acceptors (Lipinski definition) is 3. The van der Waals surface area contributed by atoms with Crippen LogP contribution >= 0.6 is 0 Å². The highest BCUT2D eigenvalue weighted by Gasteiger charge is 2.47. The summed E-state index contributed by atoms with van der Waals surface area (Å²) in [5.74, 6) is 0. The maximum Gasteiger partial charge on any atom is 0.410 e. The Balaban J connectivity index is 1.76. The van der Waals surface area contributed by atoms with E-state index in [1.165, 1.54) is 32.5 Å². The summed E-state index contributed by atoms with van der Waals surface area (Å²) in [6, 6.07) is 0. The minimum absolute atomic E-state index is 0.148. The van der Waals surface area contributed by atoms with Crippen LogP contribution in [0.25, 0.3) is 0 Å². The molecule has 0 aliphatic carbocycles. The fourth-order valence-corrected chi connectivity index (χ4v) is 3.39. The molecule has 2 aliphatic rings. The van der Waals surface area contributed by atoms with Crippen LogP contribution in [-0.2, 0) is 4.74 Å². The number of likely N-dealkylation sites (tertiary alicyclic amines) is 2. The van der Waals surface area contributed by atoms with Crippen LogP contribution in [0, 0.1) is 10.8 Å². The third-order valence-corrected chi connectivity index (χ3v) is 4.32. The molecule has 0 aromatic rings. The zero-order valence-electron chi connectivity index (χ0n) is 14.7. The molecular formula is C17H32N2O2. The van der Waals surface area contributed by atoms with Crippen molar-refractivity contribution < 1.29 is 9.53 Å². The Kier molecular flexibility index (Phi) is 4.31. The van der Waals surface area contributed by atoms with Gasteiger partial charge < -0.3 is 14.5 Å². The average molecular weight is 296 g/mol. The molecule has 2 fully saturated rings. The summed E-state index contributed by atoms with van der Waals surface area (Å²) >= 11 is 0. The molecule has 1 amide bonds. The third kappa shape index (κ3) is 4.60. The first-order valence-electron chi connectivity index (χ1n) is 8.18. The predicted octanol–water partition coefficient (Wildman–Crippen LogP) is 3.37. The fraction of sp³-hybridized carbons (Fsp3) is 0.941. The van der Waals surface area contributed by atoms with Crippen molar-refractivity contribution >= 4 is 6.09 Å². The molecule has 1 spiro atoms. The lowest BCUT2D eigenvalue weighted by atomic mass is 9.72. The van der Waals surface area contributed by atoms with Gasteiger partial charge in [0.1, 0.15) is 5.60 Å². The van der Waals surface area contributed by atoms with Crippen molar-refractivity contribution in [1.29, 1.82) is 0 Å². The molecule has 122 valence electrons. The quantitative estimate of drug-likeness (QED) is 0.744. The van der Waals surface area contributed by atoms with Crippen LogP contribution in [0.15, 0.2) is 0 Å². The van der Waals surface area contributed by atoms with Gasteiger partial charge in [-0.15, -0.1) is 0 Å². The molecule has 0 atom stereocenters. The van der Waals surface area contributed by atoms with E-state index in [0.717, 1.165) is 13.1 Å². The lowest BCUT2D eigenvalue weighted by molar-refractivity contribution is -0.0617. The predicted molar refractivity (Wildman–Crippen MR) is 85.4 cm³/mol. The molecule has 0 bridgehead atoms. The smallest absolute Gasteiger partial charge is 0.410 e. The second-order valence-electron chi connectivity index (χ2n) is 9.17. The summed E-state index contributed by atoms with van der Waals surface area (Å²) in [7, 11) is 0. The van der Waals surface area contributed by atoms with E-state index in [9.17, 15) is 4.79 Å². The van der Waals surface area contributed by atoms with Crippen LogP contribution in [0.4, 0.5) is 4.79 Å². The van der Waals surface area contributed by atoms with Crippen LogP contribution in [-0.4, -0.2) is 54.2 Å². The van der Waals surface area contributed by atoms with E-state index in [0.29, 0.717) is 10.8 Å². The summed E-state index contributed by atoms with van der Waals surface area (Å²) in [4.78, 5) is 16.4. The van der Waals surface area contributed by atoms with Crippen molar-refractivity contribution in [2.45, 2.75) is 60.0 Å². The lowest BCUT2D eigenvalue weighted by Gasteiger charge is -2.54. The minimum atomic E-state index is -0.393. The first-order chi connectivity index (χ1) is 9.48. The van der Waals surface area contributed by atoms with Gasteiger partial charge in [0.2, 0.25) is 0 Å². The molecule has 2 rings (SSSR count). The second-order valence-corrected chi connectivity index (χ2v) is 9.17. The molecular weight excluding hydrogens is 264 g/mol. The highest BCUT2D eigenvalue weighted by molar-refractivity contribution is 5.69. The number of nitrogens with zero attached hydrogens (tertiary/aromatic N) is 2. The summed E-state index contributed by atoms with van der Waals surface area (Å²) in [5.41, 5.74) is 0.341. The molecule has 0 unspecified atom stereocenters. The highest BCUT2D eigenvalue weighted by atomic mass is 16.6. The van der Waals surface area contributed by atoms with Crippen molar-refractivity contribution in [3.05, 3.63) is 0 Å². The van der Waals surface area contributed by atoms with E-state index in [1.54, 1.807) is 0 Å². The number of amides is 1. The topological polar surface area (TPSA) is 32.8 Å². The average Bonchev–Trinajstić information content (AvgIpc) is 2.22. The van der Waals surface area contributed by atoms with Gasteiger partial charge in [0, 0.05) is 25.0 Å². The number of rotatable bonds is 1. The van der Waals surface area contributed by atoms with Gasteiger partial charge in [-0.05, 0) is 52.1 Å². The summed E-state index contributed by atoms with van der Waals surface area (Å²) < 4.78 is 5.44. The molecule has 0 N–H and O–H groups in total. The number of ether oxygens (including phenoxy) is 1. The van der Waals surface area contributed by atoms with Crippen molar-refractivity contribution in [2.75, 3.05) is 32.7 Å². The number of hydrogen-bond donors (Lipinski definition) is 0. The molecule has 4 heteroatoms. The summed E-state index contributed by atoms with van der Waals surface area (Å²) in [5, 5.41) is 0. The number of piperidine rings is 1. The van der Waals surface area contributed by atoms with Crippen molar-refractivity contribution in [3.63, 3.8) is 0 Å².